The van der Waals surface area contributed by atoms with E-state index in [1.165, 1.54) is 49.0 Å². The van der Waals surface area contributed by atoms with Gasteiger partial charge < -0.3 is 5.32 Å². The Hall–Kier alpha value is -1.95. The maximum Gasteiger partial charge on any atom is 0.252 e. The Morgan fingerprint density at radius 2 is 2.00 bits per heavy atom. The molecule has 0 bridgehead atoms. The van der Waals surface area contributed by atoms with Gasteiger partial charge in [0.1, 0.15) is 0 Å². The van der Waals surface area contributed by atoms with Gasteiger partial charge in [0, 0.05) is 34.6 Å². The summed E-state index contributed by atoms with van der Waals surface area (Å²) in [6, 6.07) is 4.30. The highest BCUT2D eigenvalue weighted by molar-refractivity contribution is 9.10. The minimum atomic E-state index is -0.0522. The van der Waals surface area contributed by atoms with E-state index in [2.05, 4.69) is 54.0 Å². The predicted octanol–water partition coefficient (Wildman–Crippen LogP) is 6.24. The smallest absolute Gasteiger partial charge is 0.252 e. The number of fused-ring (bicyclic) bond motifs is 1. The third-order valence-corrected chi connectivity index (χ3v) is 7.19. The summed E-state index contributed by atoms with van der Waals surface area (Å²) in [6.45, 7) is 9.06. The van der Waals surface area contributed by atoms with Gasteiger partial charge in [0.25, 0.3) is 5.91 Å². The Kier molecular flexibility index (Phi) is 6.65. The molecule has 2 aliphatic rings. The zero-order valence-corrected chi connectivity index (χ0v) is 20.6. The van der Waals surface area contributed by atoms with Gasteiger partial charge in [-0.3, -0.25) is 14.5 Å². The number of dihydropyridines is 1. The van der Waals surface area contributed by atoms with E-state index >= 15 is 0 Å². The Labute approximate surface area is 193 Å². The minimum absolute atomic E-state index is 0.0522. The summed E-state index contributed by atoms with van der Waals surface area (Å²) >= 11 is 3.58. The maximum atomic E-state index is 13.3. The molecule has 2 aromatic rings. The standard InChI is InChI=1S/C25H33BrN4O/c1-15(2)30-24-12-19(26)11-21(23(24)14-28-30)25(31)27-13-22-17(4)29-16(3)10-20(22)18-8-6-5-7-9-18/h11-12,14-15,17-18H,5-10,13H2,1-4H3,(H,27,31). The number of nitrogens with zero attached hydrogens (tertiary/aromatic N) is 3. The van der Waals surface area contributed by atoms with Gasteiger partial charge in [-0.2, -0.15) is 5.10 Å². The van der Waals surface area contributed by atoms with E-state index in [0.29, 0.717) is 18.0 Å². The summed E-state index contributed by atoms with van der Waals surface area (Å²) in [4.78, 5) is 18.1. The van der Waals surface area contributed by atoms with Crippen LogP contribution in [0.3, 0.4) is 0 Å². The SMILES string of the molecule is CC1=NC(C)C(CNC(=O)c2cc(Br)cc3c2cnn3C(C)C)=C(C2CCCCC2)C1. The molecule has 0 radical (unpaired) electrons. The monoisotopic (exact) mass is 484 g/mol. The van der Waals surface area contributed by atoms with Crippen LogP contribution in [-0.4, -0.2) is 34.0 Å². The maximum absolute atomic E-state index is 13.3. The van der Waals surface area contributed by atoms with Crippen LogP contribution in [0.1, 0.15) is 82.6 Å². The first-order valence-corrected chi connectivity index (χ1v) is 12.3. The largest absolute Gasteiger partial charge is 0.348 e. The van der Waals surface area contributed by atoms with E-state index in [0.717, 1.165) is 21.8 Å². The molecule has 1 atom stereocenters. The second-order valence-electron chi connectivity index (χ2n) is 9.35. The number of nitrogens with one attached hydrogen (secondary N) is 1. The van der Waals surface area contributed by atoms with Crippen LogP contribution in [-0.2, 0) is 0 Å². The fourth-order valence-corrected chi connectivity index (χ4v) is 5.66. The number of allylic oxidation sites excluding steroid dienone is 1. The second kappa shape index (κ2) is 9.27. The number of hydrogen-bond acceptors (Lipinski definition) is 3. The van der Waals surface area contributed by atoms with Crippen LogP contribution in [0.25, 0.3) is 10.9 Å². The highest BCUT2D eigenvalue weighted by Crippen LogP contribution is 2.36. The second-order valence-corrected chi connectivity index (χ2v) is 10.3. The lowest BCUT2D eigenvalue weighted by Crippen LogP contribution is -2.32. The number of carbonyl (C=O) groups is 1. The van der Waals surface area contributed by atoms with E-state index < -0.39 is 0 Å². The van der Waals surface area contributed by atoms with E-state index in [1.807, 2.05) is 16.8 Å². The molecule has 4 rings (SSSR count). The fraction of sp³-hybridized carbons (Fsp3) is 0.560. The van der Waals surface area contributed by atoms with E-state index in [1.54, 1.807) is 6.20 Å². The molecule has 1 amide bonds. The van der Waals surface area contributed by atoms with Crippen LogP contribution in [0.2, 0.25) is 0 Å². The molecule has 1 aromatic heterocycles. The van der Waals surface area contributed by atoms with Crippen molar-refractivity contribution in [2.75, 3.05) is 6.54 Å². The van der Waals surface area contributed by atoms with Gasteiger partial charge in [-0.25, -0.2) is 0 Å². The molecule has 5 nitrogen and oxygen atoms in total. The van der Waals surface area contributed by atoms with Crippen LogP contribution in [0.4, 0.5) is 0 Å². The Morgan fingerprint density at radius 1 is 1.26 bits per heavy atom. The van der Waals surface area contributed by atoms with Crippen LogP contribution >= 0.6 is 15.9 Å². The molecule has 2 heterocycles. The number of benzene rings is 1. The molecule has 1 aliphatic heterocycles. The molecule has 1 saturated carbocycles. The molecule has 1 unspecified atom stereocenters. The first-order chi connectivity index (χ1) is 14.8. The van der Waals surface area contributed by atoms with Crippen LogP contribution < -0.4 is 5.32 Å². The number of halogens is 1. The van der Waals surface area contributed by atoms with Crippen molar-refractivity contribution in [2.45, 2.75) is 78.3 Å². The van der Waals surface area contributed by atoms with Crippen molar-refractivity contribution < 1.29 is 4.79 Å². The van der Waals surface area contributed by atoms with Gasteiger partial charge in [-0.15, -0.1) is 0 Å². The molecule has 6 heteroatoms. The normalized spacial score (nSPS) is 20.5. The summed E-state index contributed by atoms with van der Waals surface area (Å²) in [5.41, 5.74) is 5.71. The number of rotatable bonds is 5. The van der Waals surface area contributed by atoms with E-state index in [4.69, 9.17) is 4.99 Å². The summed E-state index contributed by atoms with van der Waals surface area (Å²) < 4.78 is 2.85. The van der Waals surface area contributed by atoms with Crippen molar-refractivity contribution in [2.24, 2.45) is 10.9 Å². The molecule has 1 aliphatic carbocycles. The molecule has 166 valence electrons. The molecule has 1 N–H and O–H groups in total. The summed E-state index contributed by atoms with van der Waals surface area (Å²) in [7, 11) is 0. The molecule has 31 heavy (non-hydrogen) atoms. The zero-order chi connectivity index (χ0) is 22.1. The van der Waals surface area contributed by atoms with Crippen molar-refractivity contribution in [3.63, 3.8) is 0 Å². The zero-order valence-electron chi connectivity index (χ0n) is 19.0. The lowest BCUT2D eigenvalue weighted by Gasteiger charge is -2.32. The lowest BCUT2D eigenvalue weighted by molar-refractivity contribution is 0.0958. The highest BCUT2D eigenvalue weighted by atomic mass is 79.9. The average molecular weight is 485 g/mol. The molecule has 0 spiro atoms. The average Bonchev–Trinajstić information content (AvgIpc) is 3.16. The van der Waals surface area contributed by atoms with Crippen molar-refractivity contribution in [1.82, 2.24) is 15.1 Å². The van der Waals surface area contributed by atoms with Crippen molar-refractivity contribution in [3.8, 4) is 0 Å². The Balaban J connectivity index is 1.60. The van der Waals surface area contributed by atoms with Gasteiger partial charge in [-0.05, 0) is 64.2 Å². The summed E-state index contributed by atoms with van der Waals surface area (Å²) in [5, 5.41) is 8.62. The van der Waals surface area contributed by atoms with Crippen LogP contribution in [0.5, 0.6) is 0 Å². The third kappa shape index (κ3) is 4.64. The number of aromatic nitrogens is 2. The number of hydrogen-bond donors (Lipinski definition) is 1. The fourth-order valence-electron chi connectivity index (χ4n) is 5.21. The van der Waals surface area contributed by atoms with Gasteiger partial charge in [0.15, 0.2) is 0 Å². The number of carbonyl (C=O) groups excluding carboxylic acids is 1. The third-order valence-electron chi connectivity index (χ3n) is 6.73. The van der Waals surface area contributed by atoms with Crippen molar-refractivity contribution in [1.29, 1.82) is 0 Å². The molecule has 1 aromatic carbocycles. The quantitative estimate of drug-likeness (QED) is 0.510. The Morgan fingerprint density at radius 3 is 2.71 bits per heavy atom. The van der Waals surface area contributed by atoms with Crippen molar-refractivity contribution >= 4 is 38.5 Å². The predicted molar refractivity (Wildman–Crippen MR) is 131 cm³/mol. The topological polar surface area (TPSA) is 59.3 Å². The molecule has 0 saturated heterocycles. The molecular formula is C25H33BrN4O. The first-order valence-electron chi connectivity index (χ1n) is 11.5. The molecule has 1 fully saturated rings. The van der Waals surface area contributed by atoms with Gasteiger partial charge in [0.2, 0.25) is 0 Å². The molecular weight excluding hydrogens is 452 g/mol. The number of aliphatic imine (C=N–C) groups is 1. The summed E-state index contributed by atoms with van der Waals surface area (Å²) in [5.74, 6) is 0.596. The van der Waals surface area contributed by atoms with Gasteiger partial charge >= 0.3 is 0 Å². The number of amides is 1. The van der Waals surface area contributed by atoms with E-state index in [-0.39, 0.29) is 18.0 Å². The van der Waals surface area contributed by atoms with Crippen molar-refractivity contribution in [3.05, 3.63) is 39.5 Å². The first kappa shape index (κ1) is 22.3. The van der Waals surface area contributed by atoms with Gasteiger partial charge in [0.05, 0.1) is 23.3 Å². The highest BCUT2D eigenvalue weighted by Gasteiger charge is 2.27. The minimum Gasteiger partial charge on any atom is -0.348 e. The Bertz CT molecular complexity index is 1040. The van der Waals surface area contributed by atoms with Gasteiger partial charge in [-0.1, -0.05) is 40.8 Å². The van der Waals surface area contributed by atoms with Crippen LogP contribution in [0, 0.1) is 5.92 Å². The summed E-state index contributed by atoms with van der Waals surface area (Å²) in [6.07, 6.45) is 9.29. The van der Waals surface area contributed by atoms with Crippen LogP contribution in [0.15, 0.2) is 38.9 Å². The lowest BCUT2D eigenvalue weighted by atomic mass is 9.77. The van der Waals surface area contributed by atoms with E-state index in [9.17, 15) is 4.79 Å².